The molecule has 182 valence electrons. The molecule has 36 heavy (non-hydrogen) atoms. The molecule has 3 aromatic carbocycles. The Morgan fingerprint density at radius 2 is 1.89 bits per heavy atom. The number of fused-ring (bicyclic) bond motifs is 1. The van der Waals surface area contributed by atoms with Crippen molar-refractivity contribution in [2.24, 2.45) is 0 Å². The summed E-state index contributed by atoms with van der Waals surface area (Å²) in [5, 5.41) is 3.24. The summed E-state index contributed by atoms with van der Waals surface area (Å²) in [6.07, 6.45) is 6.33. The van der Waals surface area contributed by atoms with E-state index in [0.717, 1.165) is 24.1 Å². The Morgan fingerprint density at radius 1 is 1.03 bits per heavy atom. The lowest BCUT2D eigenvalue weighted by molar-refractivity contribution is 0.0739. The maximum atomic E-state index is 13.6. The Labute approximate surface area is 210 Å². The number of oxazole rings is 1. The van der Waals surface area contributed by atoms with E-state index in [1.54, 1.807) is 12.5 Å². The van der Waals surface area contributed by atoms with Gasteiger partial charge in [0.05, 0.1) is 6.33 Å². The highest BCUT2D eigenvalue weighted by atomic mass is 16.4. The smallest absolute Gasteiger partial charge is 0.295 e. The number of nitrogens with zero attached hydrogens (tertiary/aromatic N) is 4. The second-order valence-electron chi connectivity index (χ2n) is 8.91. The largest absolute Gasteiger partial charge is 0.424 e. The molecule has 7 heteroatoms. The zero-order valence-electron chi connectivity index (χ0n) is 20.3. The lowest BCUT2D eigenvalue weighted by Gasteiger charge is -2.23. The molecule has 1 N–H and O–H groups in total. The van der Waals surface area contributed by atoms with E-state index in [-0.39, 0.29) is 5.91 Å². The van der Waals surface area contributed by atoms with Crippen LogP contribution in [0.5, 0.6) is 0 Å². The maximum absolute atomic E-state index is 13.6. The van der Waals surface area contributed by atoms with Crippen LogP contribution in [0.25, 0.3) is 11.1 Å². The minimum atomic E-state index is -0.0244. The van der Waals surface area contributed by atoms with Gasteiger partial charge in [0.2, 0.25) is 0 Å². The van der Waals surface area contributed by atoms with E-state index >= 15 is 0 Å². The van der Waals surface area contributed by atoms with Crippen LogP contribution >= 0.6 is 0 Å². The van der Waals surface area contributed by atoms with E-state index in [1.165, 1.54) is 5.56 Å². The fourth-order valence-electron chi connectivity index (χ4n) is 4.24. The van der Waals surface area contributed by atoms with Gasteiger partial charge in [0.1, 0.15) is 5.52 Å². The Hall–Kier alpha value is -4.39. The second kappa shape index (κ2) is 10.9. The van der Waals surface area contributed by atoms with Crippen molar-refractivity contribution in [3.8, 4) is 0 Å². The zero-order chi connectivity index (χ0) is 24.7. The van der Waals surface area contributed by atoms with Crippen LogP contribution in [0.4, 0.5) is 6.01 Å². The molecule has 1 amide bonds. The first-order valence-corrected chi connectivity index (χ1v) is 12.1. The van der Waals surface area contributed by atoms with Gasteiger partial charge >= 0.3 is 0 Å². The monoisotopic (exact) mass is 479 g/mol. The highest BCUT2D eigenvalue weighted by Gasteiger charge is 2.18. The standard InChI is InChI=1S/C29H29N5O2/c1-22-7-5-10-24(17-22)19-31-29-32-26-18-25(11-12-27(26)36-29)28(35)34(20-23-8-3-2-4-9-23)15-6-14-33-16-13-30-21-33/h2-5,7-13,16-18,21H,6,14-15,19-20H2,1H3,(H,31,32). The number of rotatable bonds is 10. The molecule has 0 spiro atoms. The van der Waals surface area contributed by atoms with Crippen LogP contribution in [-0.2, 0) is 19.6 Å². The first kappa shape index (κ1) is 23.4. The molecular formula is C29H29N5O2. The number of nitrogens with one attached hydrogen (secondary N) is 1. The molecule has 5 aromatic rings. The van der Waals surface area contributed by atoms with Crippen LogP contribution in [0.1, 0.15) is 33.5 Å². The van der Waals surface area contributed by atoms with Gasteiger partial charge in [-0.15, -0.1) is 0 Å². The van der Waals surface area contributed by atoms with Crippen LogP contribution in [-0.4, -0.2) is 31.9 Å². The van der Waals surface area contributed by atoms with Gasteiger partial charge in [-0.1, -0.05) is 60.2 Å². The Balaban J connectivity index is 1.30. The minimum Gasteiger partial charge on any atom is -0.424 e. The average molecular weight is 480 g/mol. The summed E-state index contributed by atoms with van der Waals surface area (Å²) in [6.45, 7) is 4.66. The number of aryl methyl sites for hydroxylation is 2. The van der Waals surface area contributed by atoms with E-state index < -0.39 is 0 Å². The van der Waals surface area contributed by atoms with Crippen molar-refractivity contribution in [1.82, 2.24) is 19.4 Å². The number of carbonyl (C=O) groups excluding carboxylic acids is 1. The minimum absolute atomic E-state index is 0.0244. The lowest BCUT2D eigenvalue weighted by atomic mass is 10.1. The molecule has 0 aliphatic carbocycles. The summed E-state index contributed by atoms with van der Waals surface area (Å²) in [6, 6.07) is 24.2. The normalized spacial score (nSPS) is 11.0. The fourth-order valence-corrected chi connectivity index (χ4v) is 4.24. The number of carbonyl (C=O) groups is 1. The molecule has 0 aliphatic heterocycles. The third-order valence-corrected chi connectivity index (χ3v) is 6.07. The van der Waals surface area contributed by atoms with E-state index in [4.69, 9.17) is 4.42 Å². The quantitative estimate of drug-likeness (QED) is 0.279. The van der Waals surface area contributed by atoms with Gasteiger partial charge in [-0.25, -0.2) is 4.98 Å². The van der Waals surface area contributed by atoms with Gasteiger partial charge in [-0.2, -0.15) is 4.98 Å². The highest BCUT2D eigenvalue weighted by molar-refractivity contribution is 5.97. The van der Waals surface area contributed by atoms with Gasteiger partial charge < -0.3 is 19.2 Å². The Morgan fingerprint density at radius 3 is 2.69 bits per heavy atom. The Bertz CT molecular complexity index is 1430. The molecule has 0 saturated carbocycles. The van der Waals surface area contributed by atoms with Crippen molar-refractivity contribution in [2.45, 2.75) is 33.0 Å². The van der Waals surface area contributed by atoms with Crippen molar-refractivity contribution >= 4 is 23.0 Å². The van der Waals surface area contributed by atoms with E-state index in [0.29, 0.717) is 42.3 Å². The molecule has 0 saturated heterocycles. The number of aromatic nitrogens is 3. The molecule has 0 fully saturated rings. The molecule has 0 unspecified atom stereocenters. The molecule has 2 aromatic heterocycles. The predicted octanol–water partition coefficient (Wildman–Crippen LogP) is 5.68. The van der Waals surface area contributed by atoms with Crippen molar-refractivity contribution in [3.63, 3.8) is 0 Å². The topological polar surface area (TPSA) is 76.2 Å². The molecular weight excluding hydrogens is 450 g/mol. The van der Waals surface area contributed by atoms with E-state index in [1.807, 2.05) is 70.3 Å². The summed E-state index contributed by atoms with van der Waals surface area (Å²) < 4.78 is 7.89. The summed E-state index contributed by atoms with van der Waals surface area (Å²) in [5.74, 6) is -0.0244. The fraction of sp³-hybridized carbons (Fsp3) is 0.207. The zero-order valence-corrected chi connectivity index (χ0v) is 20.3. The second-order valence-corrected chi connectivity index (χ2v) is 8.91. The number of benzene rings is 3. The molecule has 2 heterocycles. The first-order chi connectivity index (χ1) is 17.6. The third-order valence-electron chi connectivity index (χ3n) is 6.07. The predicted molar refractivity (Wildman–Crippen MR) is 141 cm³/mol. The van der Waals surface area contributed by atoms with E-state index in [2.05, 4.69) is 40.4 Å². The van der Waals surface area contributed by atoms with Crippen molar-refractivity contribution in [1.29, 1.82) is 0 Å². The van der Waals surface area contributed by atoms with Gasteiger partial charge in [0.25, 0.3) is 11.9 Å². The number of imidazole rings is 1. The number of hydrogen-bond donors (Lipinski definition) is 1. The van der Waals surface area contributed by atoms with Crippen molar-refractivity contribution in [2.75, 3.05) is 11.9 Å². The van der Waals surface area contributed by atoms with Crippen LogP contribution in [0.15, 0.2) is 95.9 Å². The van der Waals surface area contributed by atoms with Crippen molar-refractivity contribution < 1.29 is 9.21 Å². The molecule has 0 bridgehead atoms. The number of hydrogen-bond acceptors (Lipinski definition) is 5. The molecule has 0 aliphatic rings. The summed E-state index contributed by atoms with van der Waals surface area (Å²) >= 11 is 0. The highest BCUT2D eigenvalue weighted by Crippen LogP contribution is 2.22. The molecule has 0 atom stereocenters. The van der Waals surface area contributed by atoms with Crippen LogP contribution in [0, 0.1) is 6.92 Å². The van der Waals surface area contributed by atoms with Crippen LogP contribution in [0.2, 0.25) is 0 Å². The molecule has 5 rings (SSSR count). The molecule has 7 nitrogen and oxygen atoms in total. The van der Waals surface area contributed by atoms with Gasteiger partial charge in [0.15, 0.2) is 5.58 Å². The summed E-state index contributed by atoms with van der Waals surface area (Å²) in [4.78, 5) is 24.1. The van der Waals surface area contributed by atoms with E-state index in [9.17, 15) is 4.79 Å². The average Bonchev–Trinajstić information content (AvgIpc) is 3.56. The molecule has 0 radical (unpaired) electrons. The number of amides is 1. The van der Waals surface area contributed by atoms with Crippen LogP contribution in [0.3, 0.4) is 0 Å². The number of anilines is 1. The SMILES string of the molecule is Cc1cccc(CNc2nc3cc(C(=O)N(CCCn4ccnc4)Cc4ccccc4)ccc3o2)c1. The maximum Gasteiger partial charge on any atom is 0.295 e. The van der Waals surface area contributed by atoms with Gasteiger partial charge in [-0.05, 0) is 42.7 Å². The Kier molecular flexibility index (Phi) is 7.07. The lowest BCUT2D eigenvalue weighted by Crippen LogP contribution is -2.32. The first-order valence-electron chi connectivity index (χ1n) is 12.1. The third kappa shape index (κ3) is 5.81. The van der Waals surface area contributed by atoms with Crippen LogP contribution < -0.4 is 5.32 Å². The summed E-state index contributed by atoms with van der Waals surface area (Å²) in [7, 11) is 0. The van der Waals surface area contributed by atoms with Crippen molar-refractivity contribution in [3.05, 3.63) is 114 Å². The summed E-state index contributed by atoms with van der Waals surface area (Å²) in [5.41, 5.74) is 5.36. The van der Waals surface area contributed by atoms with Gasteiger partial charge in [0, 0.05) is 44.1 Å². The van der Waals surface area contributed by atoms with Gasteiger partial charge in [-0.3, -0.25) is 4.79 Å².